The minimum absolute atomic E-state index is 0.166. The smallest absolute Gasteiger partial charge is 0.225 e. The van der Waals surface area contributed by atoms with E-state index in [4.69, 9.17) is 22.8 Å². The molecule has 13 heavy (non-hydrogen) atoms. The molecule has 0 fully saturated rings. The number of ether oxygens (including phenoxy) is 1. The predicted octanol–water partition coefficient (Wildman–Crippen LogP) is 1.84. The van der Waals surface area contributed by atoms with E-state index in [0.717, 1.165) is 5.69 Å². The predicted molar refractivity (Wildman–Crippen MR) is 50.7 cm³/mol. The lowest BCUT2D eigenvalue weighted by Gasteiger charge is -2.07. The molecule has 0 saturated carbocycles. The third-order valence-corrected chi connectivity index (χ3v) is 1.50. The molecule has 0 saturated heterocycles. The summed E-state index contributed by atoms with van der Waals surface area (Å²) in [4.78, 5) is 7.75. The second-order valence-corrected chi connectivity index (χ2v) is 2.88. The SMILES string of the molecule is C#CC(C)Oc1cc(C)nc(Cl)n1. The molecule has 68 valence electrons. The van der Waals surface area contributed by atoms with E-state index in [1.807, 2.05) is 0 Å². The lowest BCUT2D eigenvalue weighted by atomic mass is 10.4. The molecule has 0 aromatic carbocycles. The Balaban J connectivity index is 2.84. The van der Waals surface area contributed by atoms with E-state index in [1.54, 1.807) is 19.9 Å². The fourth-order valence-corrected chi connectivity index (χ4v) is 0.997. The second-order valence-electron chi connectivity index (χ2n) is 2.54. The van der Waals surface area contributed by atoms with Crippen molar-refractivity contribution in [2.24, 2.45) is 0 Å². The highest BCUT2D eigenvalue weighted by molar-refractivity contribution is 6.28. The van der Waals surface area contributed by atoms with Gasteiger partial charge in [-0.2, -0.15) is 4.98 Å². The van der Waals surface area contributed by atoms with Crippen LogP contribution in [-0.2, 0) is 0 Å². The van der Waals surface area contributed by atoms with Crippen molar-refractivity contribution in [3.8, 4) is 18.2 Å². The normalized spacial score (nSPS) is 11.8. The van der Waals surface area contributed by atoms with Gasteiger partial charge in [0.25, 0.3) is 0 Å². The molecule has 0 N–H and O–H groups in total. The maximum Gasteiger partial charge on any atom is 0.225 e. The molecule has 4 heteroatoms. The molecule has 0 amide bonds. The fraction of sp³-hybridized carbons (Fsp3) is 0.333. The summed E-state index contributed by atoms with van der Waals surface area (Å²) >= 11 is 5.62. The Labute approximate surface area is 82.1 Å². The van der Waals surface area contributed by atoms with Crippen LogP contribution in [-0.4, -0.2) is 16.1 Å². The molecule has 3 nitrogen and oxygen atoms in total. The summed E-state index contributed by atoms with van der Waals surface area (Å²) in [5, 5.41) is 0.166. The van der Waals surface area contributed by atoms with Crippen molar-refractivity contribution >= 4 is 11.6 Å². The number of hydrogen-bond donors (Lipinski definition) is 0. The highest BCUT2D eigenvalue weighted by Gasteiger charge is 2.03. The molecular weight excluding hydrogens is 188 g/mol. The van der Waals surface area contributed by atoms with Gasteiger partial charge in [0.05, 0.1) is 0 Å². The number of terminal acetylenes is 1. The molecule has 1 aromatic heterocycles. The molecule has 0 aliphatic rings. The average molecular weight is 197 g/mol. The molecule has 0 bridgehead atoms. The van der Waals surface area contributed by atoms with Crippen LogP contribution >= 0.6 is 11.6 Å². The molecule has 1 atom stereocenters. The first-order valence-electron chi connectivity index (χ1n) is 3.76. The lowest BCUT2D eigenvalue weighted by molar-refractivity contribution is 0.267. The minimum atomic E-state index is -0.314. The van der Waals surface area contributed by atoms with Gasteiger partial charge in [0.1, 0.15) is 0 Å². The first kappa shape index (κ1) is 9.82. The van der Waals surface area contributed by atoms with Gasteiger partial charge in [-0.05, 0) is 25.4 Å². The van der Waals surface area contributed by atoms with Gasteiger partial charge in [0.2, 0.25) is 11.2 Å². The second kappa shape index (κ2) is 4.11. The molecule has 1 rings (SSSR count). The highest BCUT2D eigenvalue weighted by atomic mass is 35.5. The van der Waals surface area contributed by atoms with Crippen molar-refractivity contribution in [2.45, 2.75) is 20.0 Å². The number of hydrogen-bond acceptors (Lipinski definition) is 3. The maximum atomic E-state index is 5.62. The van der Waals surface area contributed by atoms with Crippen molar-refractivity contribution in [3.63, 3.8) is 0 Å². The van der Waals surface area contributed by atoms with Gasteiger partial charge >= 0.3 is 0 Å². The van der Waals surface area contributed by atoms with Crippen molar-refractivity contribution in [2.75, 3.05) is 0 Å². The largest absolute Gasteiger partial charge is 0.461 e. The lowest BCUT2D eigenvalue weighted by Crippen LogP contribution is -2.09. The molecular formula is C9H9ClN2O. The zero-order chi connectivity index (χ0) is 9.84. The standard InChI is InChI=1S/C9H9ClN2O/c1-4-7(3)13-8-5-6(2)11-9(10)12-8/h1,5,7H,2-3H3. The fourth-order valence-electron chi connectivity index (χ4n) is 0.780. The highest BCUT2D eigenvalue weighted by Crippen LogP contribution is 2.13. The van der Waals surface area contributed by atoms with Gasteiger partial charge in [0.15, 0.2) is 6.10 Å². The van der Waals surface area contributed by atoms with Crippen molar-refractivity contribution in [1.29, 1.82) is 0 Å². The van der Waals surface area contributed by atoms with E-state index in [1.165, 1.54) is 0 Å². The number of nitrogens with zero attached hydrogens (tertiary/aromatic N) is 2. The van der Waals surface area contributed by atoms with Crippen LogP contribution in [0.3, 0.4) is 0 Å². The molecule has 0 aliphatic heterocycles. The molecule has 0 aliphatic carbocycles. The Morgan fingerprint density at radius 2 is 2.31 bits per heavy atom. The van der Waals surface area contributed by atoms with Crippen molar-refractivity contribution < 1.29 is 4.74 Å². The van der Waals surface area contributed by atoms with E-state index >= 15 is 0 Å². The Morgan fingerprint density at radius 1 is 1.62 bits per heavy atom. The summed E-state index contributed by atoms with van der Waals surface area (Å²) < 4.78 is 5.25. The van der Waals surface area contributed by atoms with E-state index in [0.29, 0.717) is 5.88 Å². The third kappa shape index (κ3) is 2.92. The Hall–Kier alpha value is -1.27. The summed E-state index contributed by atoms with van der Waals surface area (Å²) in [7, 11) is 0. The molecule has 1 heterocycles. The minimum Gasteiger partial charge on any atom is -0.461 e. The van der Waals surface area contributed by atoms with Crippen LogP contribution in [0.15, 0.2) is 6.07 Å². The Kier molecular flexibility index (Phi) is 3.10. The Bertz CT molecular complexity index is 326. The quantitative estimate of drug-likeness (QED) is 0.535. The first-order chi connectivity index (χ1) is 6.11. The van der Waals surface area contributed by atoms with E-state index in [2.05, 4.69) is 15.9 Å². The van der Waals surface area contributed by atoms with Gasteiger partial charge in [-0.3, -0.25) is 0 Å². The van der Waals surface area contributed by atoms with Crippen molar-refractivity contribution in [1.82, 2.24) is 9.97 Å². The van der Waals surface area contributed by atoms with Crippen LogP contribution in [0.2, 0.25) is 5.28 Å². The van der Waals surface area contributed by atoms with Gasteiger partial charge < -0.3 is 4.74 Å². The molecule has 1 aromatic rings. The molecule has 0 radical (unpaired) electrons. The van der Waals surface area contributed by atoms with Crippen LogP contribution in [0.4, 0.5) is 0 Å². The van der Waals surface area contributed by atoms with Crippen LogP contribution in [0.5, 0.6) is 5.88 Å². The van der Waals surface area contributed by atoms with Crippen LogP contribution in [0.1, 0.15) is 12.6 Å². The van der Waals surface area contributed by atoms with E-state index < -0.39 is 0 Å². The van der Waals surface area contributed by atoms with Gasteiger partial charge in [0, 0.05) is 11.8 Å². The van der Waals surface area contributed by atoms with Crippen LogP contribution in [0.25, 0.3) is 0 Å². The topological polar surface area (TPSA) is 35.0 Å². The molecule has 0 spiro atoms. The number of rotatable bonds is 2. The number of aromatic nitrogens is 2. The van der Waals surface area contributed by atoms with Crippen LogP contribution in [0, 0.1) is 19.3 Å². The van der Waals surface area contributed by atoms with E-state index in [-0.39, 0.29) is 11.4 Å². The zero-order valence-corrected chi connectivity index (χ0v) is 8.17. The van der Waals surface area contributed by atoms with Gasteiger partial charge in [-0.15, -0.1) is 6.42 Å². The molecule has 1 unspecified atom stereocenters. The summed E-state index contributed by atoms with van der Waals surface area (Å²) in [5.41, 5.74) is 0.749. The average Bonchev–Trinajstić information content (AvgIpc) is 2.02. The summed E-state index contributed by atoms with van der Waals surface area (Å²) in [6.07, 6.45) is 4.83. The van der Waals surface area contributed by atoms with Crippen LogP contribution < -0.4 is 4.74 Å². The number of aryl methyl sites for hydroxylation is 1. The summed E-state index contributed by atoms with van der Waals surface area (Å²) in [6, 6.07) is 1.68. The first-order valence-corrected chi connectivity index (χ1v) is 4.13. The van der Waals surface area contributed by atoms with Gasteiger partial charge in [-0.25, -0.2) is 4.98 Å². The summed E-state index contributed by atoms with van der Waals surface area (Å²) in [5.74, 6) is 2.83. The zero-order valence-electron chi connectivity index (χ0n) is 7.41. The monoisotopic (exact) mass is 196 g/mol. The maximum absolute atomic E-state index is 5.62. The van der Waals surface area contributed by atoms with Crippen molar-refractivity contribution in [3.05, 3.63) is 17.0 Å². The number of halogens is 1. The Morgan fingerprint density at radius 3 is 2.85 bits per heavy atom. The summed E-state index contributed by atoms with van der Waals surface area (Å²) in [6.45, 7) is 3.56. The third-order valence-electron chi connectivity index (χ3n) is 1.34. The van der Waals surface area contributed by atoms with Gasteiger partial charge in [-0.1, -0.05) is 5.92 Å². The van der Waals surface area contributed by atoms with E-state index in [9.17, 15) is 0 Å².